The number of nitrogens with zero attached hydrogens (tertiary/aromatic N) is 1. The highest BCUT2D eigenvalue weighted by atomic mass is 16.2. The van der Waals surface area contributed by atoms with Crippen LogP contribution in [0.5, 0.6) is 0 Å². The van der Waals surface area contributed by atoms with Gasteiger partial charge < -0.3 is 0 Å². The van der Waals surface area contributed by atoms with E-state index < -0.39 is 0 Å². The molecule has 2 aliphatic carbocycles. The SMILES string of the molecule is CN(N)C(=O)C1(C2CCCCC2)CC1. The molecule has 0 bridgehead atoms. The summed E-state index contributed by atoms with van der Waals surface area (Å²) in [5, 5.41) is 1.29. The Morgan fingerprint density at radius 2 is 1.86 bits per heavy atom. The predicted molar refractivity (Wildman–Crippen MR) is 55.2 cm³/mol. The van der Waals surface area contributed by atoms with Gasteiger partial charge in [0.05, 0.1) is 5.41 Å². The van der Waals surface area contributed by atoms with E-state index in [2.05, 4.69) is 0 Å². The number of rotatable bonds is 2. The first-order valence-electron chi connectivity index (χ1n) is 5.70. The largest absolute Gasteiger partial charge is 0.283 e. The van der Waals surface area contributed by atoms with Crippen LogP contribution >= 0.6 is 0 Å². The Bertz CT molecular complexity index is 227. The summed E-state index contributed by atoms with van der Waals surface area (Å²) in [5.41, 5.74) is -0.0378. The van der Waals surface area contributed by atoms with Gasteiger partial charge in [-0.25, -0.2) is 5.84 Å². The van der Waals surface area contributed by atoms with E-state index in [1.807, 2.05) is 0 Å². The van der Waals surface area contributed by atoms with Gasteiger partial charge in [-0.15, -0.1) is 0 Å². The summed E-state index contributed by atoms with van der Waals surface area (Å²) in [6, 6.07) is 0. The molecule has 2 saturated carbocycles. The molecule has 0 saturated heterocycles. The third-order valence-corrected chi connectivity index (χ3v) is 3.92. The molecule has 0 aromatic rings. The van der Waals surface area contributed by atoms with Gasteiger partial charge in [0.2, 0.25) is 5.91 Å². The molecule has 3 heteroatoms. The van der Waals surface area contributed by atoms with Crippen LogP contribution in [0.25, 0.3) is 0 Å². The Labute approximate surface area is 85.6 Å². The van der Waals surface area contributed by atoms with Crippen LogP contribution in [0.4, 0.5) is 0 Å². The first-order valence-corrected chi connectivity index (χ1v) is 5.70. The fourth-order valence-corrected chi connectivity index (χ4v) is 2.94. The van der Waals surface area contributed by atoms with Crippen molar-refractivity contribution < 1.29 is 4.79 Å². The van der Waals surface area contributed by atoms with Crippen molar-refractivity contribution >= 4 is 5.91 Å². The summed E-state index contributed by atoms with van der Waals surface area (Å²) in [7, 11) is 1.67. The van der Waals surface area contributed by atoms with E-state index >= 15 is 0 Å². The first kappa shape index (κ1) is 9.97. The molecule has 0 aromatic heterocycles. The third-order valence-electron chi connectivity index (χ3n) is 3.92. The molecule has 2 rings (SSSR count). The maximum atomic E-state index is 11.9. The quantitative estimate of drug-likeness (QED) is 0.415. The van der Waals surface area contributed by atoms with Gasteiger partial charge >= 0.3 is 0 Å². The minimum atomic E-state index is -0.0378. The van der Waals surface area contributed by atoms with E-state index in [-0.39, 0.29) is 11.3 Å². The fraction of sp³-hybridized carbons (Fsp3) is 0.909. The average molecular weight is 196 g/mol. The summed E-state index contributed by atoms with van der Waals surface area (Å²) in [6.45, 7) is 0. The second kappa shape index (κ2) is 3.54. The van der Waals surface area contributed by atoms with E-state index in [0.717, 1.165) is 12.8 Å². The van der Waals surface area contributed by atoms with Crippen molar-refractivity contribution in [1.82, 2.24) is 5.01 Å². The third kappa shape index (κ3) is 1.54. The first-order chi connectivity index (χ1) is 6.67. The van der Waals surface area contributed by atoms with Crippen molar-refractivity contribution in [2.75, 3.05) is 7.05 Å². The van der Waals surface area contributed by atoms with Gasteiger partial charge in [-0.2, -0.15) is 0 Å². The maximum Gasteiger partial charge on any atom is 0.242 e. The van der Waals surface area contributed by atoms with Crippen molar-refractivity contribution in [2.45, 2.75) is 44.9 Å². The Hall–Kier alpha value is -0.570. The maximum absolute atomic E-state index is 11.9. The zero-order chi connectivity index (χ0) is 10.2. The number of hydrogen-bond donors (Lipinski definition) is 1. The van der Waals surface area contributed by atoms with Gasteiger partial charge in [0, 0.05) is 7.05 Å². The Kier molecular flexibility index (Phi) is 2.52. The molecule has 2 aliphatic rings. The summed E-state index contributed by atoms with van der Waals surface area (Å²) in [6.07, 6.45) is 8.55. The number of nitrogens with two attached hydrogens (primary N) is 1. The van der Waals surface area contributed by atoms with Crippen LogP contribution in [0.15, 0.2) is 0 Å². The van der Waals surface area contributed by atoms with Crippen molar-refractivity contribution in [3.63, 3.8) is 0 Å². The number of hydrazine groups is 1. The van der Waals surface area contributed by atoms with Gasteiger partial charge in [0.1, 0.15) is 0 Å². The minimum Gasteiger partial charge on any atom is -0.283 e. The molecular formula is C11H20N2O. The van der Waals surface area contributed by atoms with Crippen molar-refractivity contribution in [3.8, 4) is 0 Å². The molecule has 0 spiro atoms. The van der Waals surface area contributed by atoms with Crippen LogP contribution in [-0.2, 0) is 4.79 Å². The highest BCUT2D eigenvalue weighted by Crippen LogP contribution is 2.57. The van der Waals surface area contributed by atoms with E-state index in [1.165, 1.54) is 37.1 Å². The molecule has 0 aliphatic heterocycles. The molecule has 0 heterocycles. The lowest BCUT2D eigenvalue weighted by Gasteiger charge is -2.30. The summed E-state index contributed by atoms with van der Waals surface area (Å²) in [5.74, 6) is 6.34. The molecule has 1 amide bonds. The average Bonchev–Trinajstić information content (AvgIpc) is 2.99. The molecule has 0 radical (unpaired) electrons. The highest BCUT2D eigenvalue weighted by molar-refractivity contribution is 5.85. The van der Waals surface area contributed by atoms with Gasteiger partial charge in [-0.3, -0.25) is 9.80 Å². The molecule has 0 atom stereocenters. The molecular weight excluding hydrogens is 176 g/mol. The van der Waals surface area contributed by atoms with Gasteiger partial charge in [0.15, 0.2) is 0 Å². The molecule has 2 fully saturated rings. The van der Waals surface area contributed by atoms with Gasteiger partial charge in [-0.05, 0) is 31.6 Å². The normalized spacial score (nSPS) is 25.9. The van der Waals surface area contributed by atoms with Crippen LogP contribution in [0, 0.1) is 11.3 Å². The lowest BCUT2D eigenvalue weighted by molar-refractivity contribution is -0.138. The van der Waals surface area contributed by atoms with Crippen LogP contribution in [0.1, 0.15) is 44.9 Å². The standard InChI is InChI=1S/C11H20N2O/c1-13(12)10(14)11(7-8-11)9-5-3-2-4-6-9/h9H,2-8,12H2,1H3. The second-order valence-electron chi connectivity index (χ2n) is 4.91. The highest BCUT2D eigenvalue weighted by Gasteiger charge is 2.55. The van der Waals surface area contributed by atoms with Crippen molar-refractivity contribution in [1.29, 1.82) is 0 Å². The topological polar surface area (TPSA) is 46.3 Å². The number of carbonyl (C=O) groups excluding carboxylic acids is 1. The number of hydrogen-bond acceptors (Lipinski definition) is 2. The Balaban J connectivity index is 2.04. The van der Waals surface area contributed by atoms with E-state index in [0.29, 0.717) is 5.92 Å². The number of carbonyl (C=O) groups is 1. The predicted octanol–water partition coefficient (Wildman–Crippen LogP) is 1.68. The monoisotopic (exact) mass is 196 g/mol. The lowest BCUT2D eigenvalue weighted by atomic mass is 9.77. The van der Waals surface area contributed by atoms with Crippen molar-refractivity contribution in [2.24, 2.45) is 17.2 Å². The zero-order valence-electron chi connectivity index (χ0n) is 8.96. The molecule has 3 nitrogen and oxygen atoms in total. The number of amides is 1. The Morgan fingerprint density at radius 3 is 2.29 bits per heavy atom. The fourth-order valence-electron chi connectivity index (χ4n) is 2.94. The molecule has 0 aromatic carbocycles. The zero-order valence-corrected chi connectivity index (χ0v) is 8.96. The molecule has 14 heavy (non-hydrogen) atoms. The van der Waals surface area contributed by atoms with Crippen LogP contribution in [0.3, 0.4) is 0 Å². The Morgan fingerprint density at radius 1 is 1.29 bits per heavy atom. The van der Waals surface area contributed by atoms with Crippen molar-refractivity contribution in [3.05, 3.63) is 0 Å². The summed E-state index contributed by atoms with van der Waals surface area (Å²) in [4.78, 5) is 11.9. The smallest absolute Gasteiger partial charge is 0.242 e. The van der Waals surface area contributed by atoms with Crippen LogP contribution in [0.2, 0.25) is 0 Å². The van der Waals surface area contributed by atoms with E-state index in [9.17, 15) is 4.79 Å². The van der Waals surface area contributed by atoms with Gasteiger partial charge in [-0.1, -0.05) is 19.3 Å². The van der Waals surface area contributed by atoms with E-state index in [4.69, 9.17) is 5.84 Å². The van der Waals surface area contributed by atoms with E-state index in [1.54, 1.807) is 7.05 Å². The molecule has 80 valence electrons. The van der Waals surface area contributed by atoms with Gasteiger partial charge in [0.25, 0.3) is 0 Å². The minimum absolute atomic E-state index is 0.0378. The summed E-state index contributed by atoms with van der Waals surface area (Å²) >= 11 is 0. The van der Waals surface area contributed by atoms with Crippen LogP contribution < -0.4 is 5.84 Å². The molecule has 2 N–H and O–H groups in total. The second-order valence-corrected chi connectivity index (χ2v) is 4.91. The summed E-state index contributed by atoms with van der Waals surface area (Å²) < 4.78 is 0. The van der Waals surface area contributed by atoms with Crippen LogP contribution in [-0.4, -0.2) is 18.0 Å². The molecule has 0 unspecified atom stereocenters. The lowest BCUT2D eigenvalue weighted by Crippen LogP contribution is -2.42.